The maximum absolute atomic E-state index is 13.9. The van der Waals surface area contributed by atoms with Crippen LogP contribution in [0.2, 0.25) is 5.02 Å². The van der Waals surface area contributed by atoms with Gasteiger partial charge in [0.1, 0.15) is 17.4 Å². The van der Waals surface area contributed by atoms with Crippen LogP contribution >= 0.6 is 11.6 Å². The van der Waals surface area contributed by atoms with Crippen LogP contribution in [0.4, 0.5) is 14.5 Å². The summed E-state index contributed by atoms with van der Waals surface area (Å²) in [6, 6.07) is 6.12. The van der Waals surface area contributed by atoms with Crippen molar-refractivity contribution in [3.63, 3.8) is 0 Å². The van der Waals surface area contributed by atoms with E-state index in [1.54, 1.807) is 0 Å². The van der Waals surface area contributed by atoms with Gasteiger partial charge in [0.25, 0.3) is 5.91 Å². The maximum atomic E-state index is 13.9. The fourth-order valence-corrected chi connectivity index (χ4v) is 4.15. The molecule has 1 heterocycles. The maximum Gasteiger partial charge on any atom is 0.255 e. The Morgan fingerprint density at radius 2 is 1.81 bits per heavy atom. The molecule has 164 valence electrons. The van der Waals surface area contributed by atoms with Crippen molar-refractivity contribution in [1.29, 1.82) is 0 Å². The van der Waals surface area contributed by atoms with Gasteiger partial charge in [-0.25, -0.2) is 8.78 Å². The van der Waals surface area contributed by atoms with E-state index in [0.717, 1.165) is 12.1 Å². The van der Waals surface area contributed by atoms with Crippen molar-refractivity contribution in [1.82, 2.24) is 5.32 Å². The molecule has 6 nitrogen and oxygen atoms in total. The lowest BCUT2D eigenvalue weighted by Crippen LogP contribution is -2.40. The number of hydrogen-bond donors (Lipinski definition) is 2. The summed E-state index contributed by atoms with van der Waals surface area (Å²) in [5.41, 5.74) is 1.00. The van der Waals surface area contributed by atoms with E-state index in [1.165, 1.54) is 18.2 Å². The minimum Gasteiger partial charge on any atom is -0.466 e. The Kier molecular flexibility index (Phi) is 6.38. The molecule has 2 aromatic rings. The Hall–Kier alpha value is -2.71. The second-order valence-corrected chi connectivity index (χ2v) is 8.09. The largest absolute Gasteiger partial charge is 0.466 e. The second kappa shape index (κ2) is 9.20. The van der Waals surface area contributed by atoms with Crippen LogP contribution in [0.25, 0.3) is 0 Å². The lowest BCUT2D eigenvalue weighted by Gasteiger charge is -2.29. The summed E-state index contributed by atoms with van der Waals surface area (Å²) in [6.45, 7) is 0.197. The van der Waals surface area contributed by atoms with E-state index in [-0.39, 0.29) is 41.9 Å². The van der Waals surface area contributed by atoms with Gasteiger partial charge in [0, 0.05) is 17.5 Å². The summed E-state index contributed by atoms with van der Waals surface area (Å²) in [4.78, 5) is 25.3. The number of rotatable bonds is 4. The van der Waals surface area contributed by atoms with Crippen LogP contribution in [-0.4, -0.2) is 24.6 Å². The number of hydrogen-bond acceptors (Lipinski definition) is 4. The molecule has 0 bridgehead atoms. The van der Waals surface area contributed by atoms with Crippen LogP contribution in [0.5, 0.6) is 5.75 Å². The Bertz CT molecular complexity index is 1010. The third kappa shape index (κ3) is 4.97. The number of anilines is 1. The fraction of sp³-hybridized carbons (Fsp3) is 0.364. The highest BCUT2D eigenvalue weighted by molar-refractivity contribution is 6.33. The molecule has 1 fully saturated rings. The highest BCUT2D eigenvalue weighted by Crippen LogP contribution is 2.31. The molecule has 0 spiro atoms. The first-order chi connectivity index (χ1) is 14.9. The van der Waals surface area contributed by atoms with Crippen molar-refractivity contribution in [2.24, 2.45) is 5.92 Å². The number of nitrogens with one attached hydrogen (secondary N) is 2. The van der Waals surface area contributed by atoms with Crippen molar-refractivity contribution in [2.75, 3.05) is 12.1 Å². The molecule has 2 aliphatic rings. The Morgan fingerprint density at radius 3 is 2.55 bits per heavy atom. The molecule has 31 heavy (non-hydrogen) atoms. The summed E-state index contributed by atoms with van der Waals surface area (Å²) >= 11 is 5.97. The zero-order valence-electron chi connectivity index (χ0n) is 16.6. The van der Waals surface area contributed by atoms with E-state index >= 15 is 0 Å². The van der Waals surface area contributed by atoms with E-state index < -0.39 is 17.5 Å². The predicted octanol–water partition coefficient (Wildman–Crippen LogP) is 4.41. The van der Waals surface area contributed by atoms with E-state index in [0.29, 0.717) is 42.7 Å². The summed E-state index contributed by atoms with van der Waals surface area (Å²) in [5.74, 6) is -1.50. The van der Waals surface area contributed by atoms with Crippen LogP contribution in [0.3, 0.4) is 0 Å². The molecule has 0 unspecified atom stereocenters. The summed E-state index contributed by atoms with van der Waals surface area (Å²) < 4.78 is 37.6. The van der Waals surface area contributed by atoms with Crippen molar-refractivity contribution >= 4 is 29.1 Å². The average molecular weight is 451 g/mol. The van der Waals surface area contributed by atoms with Crippen LogP contribution in [0, 0.1) is 17.6 Å². The lowest BCUT2D eigenvalue weighted by molar-refractivity contribution is -0.120. The molecule has 1 aliphatic carbocycles. The third-order valence-electron chi connectivity index (χ3n) is 5.54. The molecule has 2 amide bonds. The molecule has 4 rings (SSSR count). The number of ether oxygens (including phenoxy) is 2. The van der Waals surface area contributed by atoms with Crippen molar-refractivity contribution in [2.45, 2.75) is 38.3 Å². The van der Waals surface area contributed by atoms with Gasteiger partial charge in [0.05, 0.1) is 22.9 Å². The quantitative estimate of drug-likeness (QED) is 0.723. The Morgan fingerprint density at radius 1 is 1.03 bits per heavy atom. The van der Waals surface area contributed by atoms with Crippen molar-refractivity contribution in [3.8, 4) is 5.75 Å². The molecule has 2 N–H and O–H groups in total. The molecule has 0 saturated heterocycles. The lowest BCUT2D eigenvalue weighted by atomic mass is 9.85. The highest BCUT2D eigenvalue weighted by Gasteiger charge is 2.29. The first-order valence-corrected chi connectivity index (χ1v) is 10.4. The van der Waals surface area contributed by atoms with Gasteiger partial charge in [0.15, 0.2) is 6.79 Å². The van der Waals surface area contributed by atoms with Gasteiger partial charge in [-0.05, 0) is 56.0 Å². The zero-order valence-corrected chi connectivity index (χ0v) is 17.3. The number of carbonyl (C=O) groups is 2. The minimum absolute atomic E-state index is 0.0111. The molecule has 0 radical (unpaired) electrons. The normalized spacial score (nSPS) is 20.4. The third-order valence-corrected chi connectivity index (χ3v) is 5.85. The number of amides is 2. The SMILES string of the molecule is O=C(N[C@H]1CC[C@H](C(=O)Nc2ccc(F)cc2Cl)CC1)c1cc(F)cc2c1OCOC2. The topological polar surface area (TPSA) is 76.7 Å². The van der Waals surface area contributed by atoms with E-state index in [9.17, 15) is 18.4 Å². The van der Waals surface area contributed by atoms with Gasteiger partial charge in [-0.2, -0.15) is 0 Å². The highest BCUT2D eigenvalue weighted by atomic mass is 35.5. The van der Waals surface area contributed by atoms with Gasteiger partial charge in [-0.15, -0.1) is 0 Å². The van der Waals surface area contributed by atoms with Crippen molar-refractivity contribution in [3.05, 3.63) is 58.1 Å². The van der Waals surface area contributed by atoms with Crippen LogP contribution in [0.1, 0.15) is 41.6 Å². The summed E-state index contributed by atoms with van der Waals surface area (Å²) in [5, 5.41) is 5.79. The molecular weight excluding hydrogens is 430 g/mol. The fourth-order valence-electron chi connectivity index (χ4n) is 3.94. The molecule has 1 aliphatic heterocycles. The monoisotopic (exact) mass is 450 g/mol. The minimum atomic E-state index is -0.530. The molecule has 1 saturated carbocycles. The standard InChI is InChI=1S/C22H21ClF2N2O4/c23-18-9-14(24)3-6-19(18)27-21(28)12-1-4-16(5-2-12)26-22(29)17-8-15(25)7-13-10-30-11-31-20(13)17/h3,6-9,12,16H,1-2,4-5,10-11H2,(H,26,29)(H,27,28)/t12-,16-. The van der Waals surface area contributed by atoms with Gasteiger partial charge in [-0.3, -0.25) is 9.59 Å². The molecule has 0 atom stereocenters. The average Bonchev–Trinajstić information content (AvgIpc) is 2.75. The molecule has 2 aromatic carbocycles. The Balaban J connectivity index is 1.34. The predicted molar refractivity (Wildman–Crippen MR) is 110 cm³/mol. The van der Waals surface area contributed by atoms with Gasteiger partial charge < -0.3 is 20.1 Å². The Labute approximate surface area is 182 Å². The van der Waals surface area contributed by atoms with Gasteiger partial charge >= 0.3 is 0 Å². The van der Waals surface area contributed by atoms with Crippen LogP contribution in [0.15, 0.2) is 30.3 Å². The number of halogens is 3. The molecular formula is C22H21ClF2N2O4. The summed E-state index contributed by atoms with van der Waals surface area (Å²) in [6.07, 6.45) is 2.34. The number of carbonyl (C=O) groups excluding carboxylic acids is 2. The van der Waals surface area contributed by atoms with Gasteiger partial charge in [-0.1, -0.05) is 11.6 Å². The van der Waals surface area contributed by atoms with Crippen LogP contribution < -0.4 is 15.4 Å². The smallest absolute Gasteiger partial charge is 0.255 e. The van der Waals surface area contributed by atoms with Crippen LogP contribution in [-0.2, 0) is 16.1 Å². The first-order valence-electron chi connectivity index (χ1n) is 10.0. The van der Waals surface area contributed by atoms with E-state index in [4.69, 9.17) is 21.1 Å². The van der Waals surface area contributed by atoms with Gasteiger partial charge in [0.2, 0.25) is 5.91 Å². The van der Waals surface area contributed by atoms with Crippen molar-refractivity contribution < 1.29 is 27.8 Å². The summed E-state index contributed by atoms with van der Waals surface area (Å²) in [7, 11) is 0. The van der Waals surface area contributed by atoms with E-state index in [2.05, 4.69) is 10.6 Å². The number of fused-ring (bicyclic) bond motifs is 1. The second-order valence-electron chi connectivity index (χ2n) is 7.69. The zero-order chi connectivity index (χ0) is 22.0. The number of benzene rings is 2. The van der Waals surface area contributed by atoms with E-state index in [1.807, 2.05) is 0 Å². The molecule has 9 heteroatoms. The molecule has 0 aromatic heterocycles. The first kappa shape index (κ1) is 21.5.